The van der Waals surface area contributed by atoms with Crippen LogP contribution >= 0.6 is 0 Å². The van der Waals surface area contributed by atoms with Crippen LogP contribution in [0.4, 0.5) is 5.69 Å². The lowest BCUT2D eigenvalue weighted by Gasteiger charge is -2.34. The maximum atomic E-state index is 12.2. The Morgan fingerprint density at radius 3 is 2.65 bits per heavy atom. The minimum Gasteiger partial charge on any atom is -0.395 e. The highest BCUT2D eigenvalue weighted by Gasteiger charge is 2.33. The molecule has 1 amide bonds. The Hall–Kier alpha value is -1.52. The van der Waals surface area contributed by atoms with Gasteiger partial charge in [0.15, 0.2) is 5.69 Å². The van der Waals surface area contributed by atoms with Crippen LogP contribution in [0.25, 0.3) is 0 Å². The van der Waals surface area contributed by atoms with Gasteiger partial charge in [-0.05, 0) is 32.1 Å². The van der Waals surface area contributed by atoms with Crippen molar-refractivity contribution in [2.75, 3.05) is 12.8 Å². The molecule has 1 aromatic rings. The summed E-state index contributed by atoms with van der Waals surface area (Å²) in [5.41, 5.74) is 7.92. The van der Waals surface area contributed by atoms with Crippen molar-refractivity contribution < 1.29 is 4.79 Å². The SMILES string of the molecule is CN(C(=O)c1n[nH]c(C2CC2)c1N)C1CCC1. The Bertz CT molecular complexity index is 445. The number of amides is 1. The smallest absolute Gasteiger partial charge is 0.276 e. The van der Waals surface area contributed by atoms with Gasteiger partial charge < -0.3 is 10.6 Å². The average molecular weight is 234 g/mol. The second kappa shape index (κ2) is 3.75. The lowest BCUT2D eigenvalue weighted by Crippen LogP contribution is -2.41. The van der Waals surface area contributed by atoms with Crippen molar-refractivity contribution in [1.29, 1.82) is 0 Å². The number of hydrogen-bond acceptors (Lipinski definition) is 3. The van der Waals surface area contributed by atoms with Crippen molar-refractivity contribution in [3.8, 4) is 0 Å². The van der Waals surface area contributed by atoms with E-state index in [0.29, 0.717) is 23.3 Å². The van der Waals surface area contributed by atoms with Gasteiger partial charge in [0, 0.05) is 19.0 Å². The zero-order valence-corrected chi connectivity index (χ0v) is 10.1. The molecule has 92 valence electrons. The number of rotatable bonds is 3. The van der Waals surface area contributed by atoms with E-state index in [4.69, 9.17) is 5.73 Å². The van der Waals surface area contributed by atoms with Crippen LogP contribution in [0.1, 0.15) is 54.2 Å². The van der Waals surface area contributed by atoms with Crippen LogP contribution < -0.4 is 5.73 Å². The molecule has 2 saturated carbocycles. The number of aromatic nitrogens is 2. The first-order valence-electron chi connectivity index (χ1n) is 6.29. The molecule has 0 radical (unpaired) electrons. The van der Waals surface area contributed by atoms with E-state index in [1.807, 2.05) is 7.05 Å². The van der Waals surface area contributed by atoms with Crippen LogP contribution in [0.2, 0.25) is 0 Å². The fraction of sp³-hybridized carbons (Fsp3) is 0.667. The molecule has 0 aromatic carbocycles. The second-order valence-electron chi connectivity index (χ2n) is 5.17. The molecule has 5 nitrogen and oxygen atoms in total. The van der Waals surface area contributed by atoms with Gasteiger partial charge in [-0.3, -0.25) is 9.89 Å². The van der Waals surface area contributed by atoms with E-state index < -0.39 is 0 Å². The Kier molecular flexibility index (Phi) is 2.34. The minimum atomic E-state index is -0.0460. The zero-order valence-electron chi connectivity index (χ0n) is 10.1. The summed E-state index contributed by atoms with van der Waals surface area (Å²) in [6, 6.07) is 0.378. The van der Waals surface area contributed by atoms with Gasteiger partial charge in [-0.1, -0.05) is 0 Å². The maximum absolute atomic E-state index is 12.2. The van der Waals surface area contributed by atoms with Crippen LogP contribution in [0, 0.1) is 0 Å². The number of aromatic amines is 1. The minimum absolute atomic E-state index is 0.0460. The first-order valence-corrected chi connectivity index (χ1v) is 6.29. The quantitative estimate of drug-likeness (QED) is 0.832. The molecule has 0 bridgehead atoms. The monoisotopic (exact) mass is 234 g/mol. The lowest BCUT2D eigenvalue weighted by molar-refractivity contribution is 0.0647. The van der Waals surface area contributed by atoms with E-state index in [9.17, 15) is 4.79 Å². The molecule has 2 fully saturated rings. The van der Waals surface area contributed by atoms with Crippen molar-refractivity contribution in [1.82, 2.24) is 15.1 Å². The maximum Gasteiger partial charge on any atom is 0.276 e. The number of anilines is 1. The van der Waals surface area contributed by atoms with Crippen LogP contribution in [0.15, 0.2) is 0 Å². The molecule has 2 aliphatic rings. The van der Waals surface area contributed by atoms with Gasteiger partial charge >= 0.3 is 0 Å². The van der Waals surface area contributed by atoms with E-state index >= 15 is 0 Å². The number of nitrogen functional groups attached to an aromatic ring is 1. The molecule has 0 unspecified atom stereocenters. The van der Waals surface area contributed by atoms with E-state index in [-0.39, 0.29) is 5.91 Å². The molecule has 5 heteroatoms. The molecule has 3 N–H and O–H groups in total. The van der Waals surface area contributed by atoms with E-state index in [1.165, 1.54) is 6.42 Å². The third-order valence-electron chi connectivity index (χ3n) is 3.96. The van der Waals surface area contributed by atoms with Crippen molar-refractivity contribution >= 4 is 11.6 Å². The van der Waals surface area contributed by atoms with Gasteiger partial charge in [0.25, 0.3) is 5.91 Å². The Morgan fingerprint density at radius 1 is 1.41 bits per heavy atom. The summed E-state index contributed by atoms with van der Waals surface area (Å²) in [6.45, 7) is 0. The summed E-state index contributed by atoms with van der Waals surface area (Å²) in [7, 11) is 1.84. The molecule has 0 atom stereocenters. The third kappa shape index (κ3) is 1.69. The highest BCUT2D eigenvalue weighted by molar-refractivity contribution is 5.97. The van der Waals surface area contributed by atoms with Crippen LogP contribution in [0.5, 0.6) is 0 Å². The number of carbonyl (C=O) groups excluding carboxylic acids is 1. The molecule has 0 spiro atoms. The average Bonchev–Trinajstić information content (AvgIpc) is 2.99. The summed E-state index contributed by atoms with van der Waals surface area (Å²) in [6.07, 6.45) is 5.72. The van der Waals surface area contributed by atoms with Crippen LogP contribution in [-0.2, 0) is 0 Å². The standard InChI is InChI=1S/C12H18N4O/c1-16(8-3-2-4-8)12(17)11-9(13)10(14-15-11)7-5-6-7/h7-8H,2-6,13H2,1H3,(H,14,15). The predicted octanol–water partition coefficient (Wildman–Crippen LogP) is 1.49. The number of nitrogens with one attached hydrogen (secondary N) is 1. The molecule has 3 rings (SSSR count). The fourth-order valence-corrected chi connectivity index (χ4v) is 2.32. The third-order valence-corrected chi connectivity index (χ3v) is 3.96. The number of H-pyrrole nitrogens is 1. The molecule has 0 saturated heterocycles. The molecular formula is C12H18N4O. The van der Waals surface area contributed by atoms with Crippen LogP contribution in [-0.4, -0.2) is 34.1 Å². The molecular weight excluding hydrogens is 216 g/mol. The topological polar surface area (TPSA) is 75.0 Å². The lowest BCUT2D eigenvalue weighted by atomic mass is 9.91. The largest absolute Gasteiger partial charge is 0.395 e. The van der Waals surface area contributed by atoms with E-state index in [0.717, 1.165) is 31.4 Å². The molecule has 0 aliphatic heterocycles. The fourth-order valence-electron chi connectivity index (χ4n) is 2.32. The van der Waals surface area contributed by atoms with Crippen LogP contribution in [0.3, 0.4) is 0 Å². The van der Waals surface area contributed by atoms with Crippen molar-refractivity contribution in [2.45, 2.75) is 44.1 Å². The summed E-state index contributed by atoms with van der Waals surface area (Å²) >= 11 is 0. The summed E-state index contributed by atoms with van der Waals surface area (Å²) in [4.78, 5) is 14.0. The Balaban J connectivity index is 1.80. The molecule has 1 heterocycles. The summed E-state index contributed by atoms with van der Waals surface area (Å²) < 4.78 is 0. The number of hydrogen-bond donors (Lipinski definition) is 2. The second-order valence-corrected chi connectivity index (χ2v) is 5.17. The first kappa shape index (κ1) is 10.6. The molecule has 2 aliphatic carbocycles. The zero-order chi connectivity index (χ0) is 12.0. The highest BCUT2D eigenvalue weighted by Crippen LogP contribution is 2.42. The van der Waals surface area contributed by atoms with Crippen molar-refractivity contribution in [3.05, 3.63) is 11.4 Å². The molecule has 1 aromatic heterocycles. The van der Waals surface area contributed by atoms with Gasteiger partial charge in [0.05, 0.1) is 11.4 Å². The van der Waals surface area contributed by atoms with Crippen molar-refractivity contribution in [2.24, 2.45) is 0 Å². The van der Waals surface area contributed by atoms with Gasteiger partial charge in [-0.25, -0.2) is 0 Å². The van der Waals surface area contributed by atoms with Gasteiger partial charge in [0.2, 0.25) is 0 Å². The predicted molar refractivity (Wildman–Crippen MR) is 64.7 cm³/mol. The first-order chi connectivity index (χ1) is 8.18. The number of nitrogens with two attached hydrogens (primary N) is 1. The van der Waals surface area contributed by atoms with E-state index in [2.05, 4.69) is 10.2 Å². The van der Waals surface area contributed by atoms with E-state index in [1.54, 1.807) is 4.90 Å². The van der Waals surface area contributed by atoms with Crippen molar-refractivity contribution in [3.63, 3.8) is 0 Å². The Morgan fingerprint density at radius 2 is 2.12 bits per heavy atom. The summed E-state index contributed by atoms with van der Waals surface area (Å²) in [5, 5.41) is 7.02. The molecule has 17 heavy (non-hydrogen) atoms. The van der Waals surface area contributed by atoms with Gasteiger partial charge in [-0.2, -0.15) is 5.10 Å². The Labute approximate surface area is 100 Å². The van der Waals surface area contributed by atoms with Gasteiger partial charge in [0.1, 0.15) is 0 Å². The van der Waals surface area contributed by atoms with Gasteiger partial charge in [-0.15, -0.1) is 0 Å². The summed E-state index contributed by atoms with van der Waals surface area (Å²) in [5.74, 6) is 0.452. The number of nitrogens with zero attached hydrogens (tertiary/aromatic N) is 2. The number of carbonyl (C=O) groups is 1. The highest BCUT2D eigenvalue weighted by atomic mass is 16.2. The normalized spacial score (nSPS) is 20.1.